The van der Waals surface area contributed by atoms with Crippen LogP contribution in [-0.4, -0.2) is 18.0 Å². The molecule has 2 aromatic carbocycles. The Kier molecular flexibility index (Phi) is 5.93. The molecule has 0 saturated heterocycles. The number of hydrazone groups is 1. The molecule has 0 aliphatic rings. The maximum Gasteiger partial charge on any atom is 0.287 e. The van der Waals surface area contributed by atoms with Crippen molar-refractivity contribution in [1.29, 1.82) is 0 Å². The van der Waals surface area contributed by atoms with Crippen molar-refractivity contribution in [2.75, 3.05) is 0 Å². The molecule has 6 heteroatoms. The van der Waals surface area contributed by atoms with Gasteiger partial charge in [-0.25, -0.2) is 5.43 Å². The van der Waals surface area contributed by atoms with Crippen LogP contribution in [0.1, 0.15) is 21.7 Å². The number of hydrogen-bond acceptors (Lipinski definition) is 4. The van der Waals surface area contributed by atoms with Gasteiger partial charge in [-0.3, -0.25) is 9.59 Å². The van der Waals surface area contributed by atoms with Crippen molar-refractivity contribution in [2.45, 2.75) is 0 Å². The minimum absolute atomic E-state index is 0.0756. The van der Waals surface area contributed by atoms with Crippen molar-refractivity contribution in [3.63, 3.8) is 0 Å². The predicted molar refractivity (Wildman–Crippen MR) is 103 cm³/mol. The lowest BCUT2D eigenvalue weighted by molar-refractivity contribution is -0.117. The molecule has 0 fully saturated rings. The van der Waals surface area contributed by atoms with Gasteiger partial charge in [-0.2, -0.15) is 5.10 Å². The second kappa shape index (κ2) is 8.96. The van der Waals surface area contributed by atoms with Crippen LogP contribution in [-0.2, 0) is 4.79 Å². The van der Waals surface area contributed by atoms with Crippen molar-refractivity contribution in [2.24, 2.45) is 5.10 Å². The zero-order chi connectivity index (χ0) is 18.9. The summed E-state index contributed by atoms with van der Waals surface area (Å²) < 4.78 is 5.11. The second-order valence-corrected chi connectivity index (χ2v) is 5.50. The lowest BCUT2D eigenvalue weighted by Gasteiger charge is -2.09. The Morgan fingerprint density at radius 1 is 0.889 bits per heavy atom. The van der Waals surface area contributed by atoms with Crippen LogP contribution in [0.4, 0.5) is 0 Å². The van der Waals surface area contributed by atoms with E-state index in [4.69, 9.17) is 4.42 Å². The molecule has 0 aliphatic carbocycles. The summed E-state index contributed by atoms with van der Waals surface area (Å²) in [6, 6.07) is 21.3. The summed E-state index contributed by atoms with van der Waals surface area (Å²) in [6.45, 7) is 0. The molecule has 0 atom stereocenters. The standard InChI is InChI=1S/C21H17N3O3/c25-20(17-10-5-2-6-11-17)23-19(14-16-8-3-1-4-9-16)21(26)24-22-15-18-12-7-13-27-18/h1-15H,(H,23,25)(H,24,26)/b19-14-,22-15?. The van der Waals surface area contributed by atoms with Gasteiger partial charge in [0, 0.05) is 5.56 Å². The smallest absolute Gasteiger partial charge is 0.287 e. The van der Waals surface area contributed by atoms with Crippen LogP contribution in [0.5, 0.6) is 0 Å². The fraction of sp³-hybridized carbons (Fsp3) is 0. The maximum absolute atomic E-state index is 12.5. The summed E-state index contributed by atoms with van der Waals surface area (Å²) in [7, 11) is 0. The van der Waals surface area contributed by atoms with Gasteiger partial charge in [0.1, 0.15) is 11.5 Å². The van der Waals surface area contributed by atoms with Gasteiger partial charge in [-0.1, -0.05) is 48.5 Å². The highest BCUT2D eigenvalue weighted by molar-refractivity contribution is 6.05. The molecule has 0 aliphatic heterocycles. The van der Waals surface area contributed by atoms with Crippen LogP contribution in [0.3, 0.4) is 0 Å². The third-order valence-electron chi connectivity index (χ3n) is 3.54. The number of hydrogen-bond donors (Lipinski definition) is 2. The normalized spacial score (nSPS) is 11.3. The van der Waals surface area contributed by atoms with Crippen molar-refractivity contribution >= 4 is 24.1 Å². The van der Waals surface area contributed by atoms with Gasteiger partial charge in [0.05, 0.1) is 12.5 Å². The summed E-state index contributed by atoms with van der Waals surface area (Å²) in [5.74, 6) is -0.439. The second-order valence-electron chi connectivity index (χ2n) is 5.50. The fourth-order valence-electron chi connectivity index (χ4n) is 2.24. The van der Waals surface area contributed by atoms with Gasteiger partial charge in [0.15, 0.2) is 0 Å². The number of benzene rings is 2. The lowest BCUT2D eigenvalue weighted by atomic mass is 10.1. The van der Waals surface area contributed by atoms with E-state index in [2.05, 4.69) is 15.8 Å². The molecule has 0 radical (unpaired) electrons. The zero-order valence-corrected chi connectivity index (χ0v) is 14.3. The van der Waals surface area contributed by atoms with E-state index in [0.29, 0.717) is 11.3 Å². The Bertz CT molecular complexity index is 947. The van der Waals surface area contributed by atoms with E-state index in [9.17, 15) is 9.59 Å². The van der Waals surface area contributed by atoms with E-state index in [1.807, 2.05) is 36.4 Å². The molecule has 2 N–H and O–H groups in total. The van der Waals surface area contributed by atoms with Crippen molar-refractivity contribution < 1.29 is 14.0 Å². The fourth-order valence-corrected chi connectivity index (χ4v) is 2.24. The first-order valence-electron chi connectivity index (χ1n) is 8.22. The first-order valence-corrected chi connectivity index (χ1v) is 8.22. The molecule has 0 spiro atoms. The van der Waals surface area contributed by atoms with Crippen LogP contribution < -0.4 is 10.7 Å². The number of furan rings is 1. The van der Waals surface area contributed by atoms with Gasteiger partial charge in [0.25, 0.3) is 11.8 Å². The molecule has 6 nitrogen and oxygen atoms in total. The minimum atomic E-state index is -0.550. The van der Waals surface area contributed by atoms with Gasteiger partial charge in [-0.05, 0) is 35.9 Å². The molecule has 2 amide bonds. The average Bonchev–Trinajstić information content (AvgIpc) is 3.22. The van der Waals surface area contributed by atoms with E-state index in [1.54, 1.807) is 42.5 Å². The Balaban J connectivity index is 1.78. The Hall–Kier alpha value is -3.93. The number of nitrogens with one attached hydrogen (secondary N) is 2. The van der Waals surface area contributed by atoms with Crippen LogP contribution in [0, 0.1) is 0 Å². The quantitative estimate of drug-likeness (QED) is 0.403. The molecule has 0 bridgehead atoms. The summed E-state index contributed by atoms with van der Waals surface area (Å²) in [5, 5.41) is 6.48. The molecule has 27 heavy (non-hydrogen) atoms. The highest BCUT2D eigenvalue weighted by Gasteiger charge is 2.14. The van der Waals surface area contributed by atoms with E-state index in [-0.39, 0.29) is 11.6 Å². The molecule has 3 aromatic rings. The van der Waals surface area contributed by atoms with Gasteiger partial charge in [0.2, 0.25) is 0 Å². The summed E-state index contributed by atoms with van der Waals surface area (Å²) in [5.41, 5.74) is 3.68. The number of rotatable bonds is 6. The van der Waals surface area contributed by atoms with Gasteiger partial charge < -0.3 is 9.73 Å². The van der Waals surface area contributed by atoms with E-state index in [0.717, 1.165) is 5.56 Å². The van der Waals surface area contributed by atoms with E-state index >= 15 is 0 Å². The van der Waals surface area contributed by atoms with Crippen LogP contribution in [0.15, 0.2) is 94.3 Å². The molecule has 0 unspecified atom stereocenters. The first kappa shape index (κ1) is 17.9. The number of nitrogens with zero attached hydrogens (tertiary/aromatic N) is 1. The summed E-state index contributed by atoms with van der Waals surface area (Å²) in [4.78, 5) is 24.9. The monoisotopic (exact) mass is 359 g/mol. The average molecular weight is 359 g/mol. The number of amides is 2. The zero-order valence-electron chi connectivity index (χ0n) is 14.3. The molecule has 134 valence electrons. The molecule has 1 heterocycles. The lowest BCUT2D eigenvalue weighted by Crippen LogP contribution is -2.32. The Labute approximate surface area is 156 Å². The highest BCUT2D eigenvalue weighted by Crippen LogP contribution is 2.07. The van der Waals surface area contributed by atoms with Gasteiger partial charge >= 0.3 is 0 Å². The number of carbonyl (C=O) groups excluding carboxylic acids is 2. The Morgan fingerprint density at radius 2 is 1.59 bits per heavy atom. The summed E-state index contributed by atoms with van der Waals surface area (Å²) in [6.07, 6.45) is 4.46. The van der Waals surface area contributed by atoms with Crippen molar-refractivity contribution in [1.82, 2.24) is 10.7 Å². The predicted octanol–water partition coefficient (Wildman–Crippen LogP) is 3.20. The highest BCUT2D eigenvalue weighted by atomic mass is 16.3. The minimum Gasteiger partial charge on any atom is -0.463 e. The van der Waals surface area contributed by atoms with E-state index in [1.165, 1.54) is 12.5 Å². The largest absolute Gasteiger partial charge is 0.463 e. The van der Waals surface area contributed by atoms with Crippen LogP contribution in [0.25, 0.3) is 6.08 Å². The van der Waals surface area contributed by atoms with Crippen LogP contribution in [0.2, 0.25) is 0 Å². The molecule has 3 rings (SSSR count). The van der Waals surface area contributed by atoms with Crippen molar-refractivity contribution in [3.8, 4) is 0 Å². The molecule has 1 aromatic heterocycles. The third kappa shape index (κ3) is 5.27. The Morgan fingerprint density at radius 3 is 2.26 bits per heavy atom. The third-order valence-corrected chi connectivity index (χ3v) is 3.54. The maximum atomic E-state index is 12.5. The number of carbonyl (C=O) groups is 2. The first-order chi connectivity index (χ1) is 13.2. The van der Waals surface area contributed by atoms with Crippen LogP contribution >= 0.6 is 0 Å². The molecule has 0 saturated carbocycles. The topological polar surface area (TPSA) is 83.7 Å². The summed E-state index contributed by atoms with van der Waals surface area (Å²) >= 11 is 0. The van der Waals surface area contributed by atoms with Crippen molar-refractivity contribution in [3.05, 3.63) is 102 Å². The molecular weight excluding hydrogens is 342 g/mol. The molecular formula is C21H17N3O3. The SMILES string of the molecule is O=C(NN=Cc1ccco1)/C(=C/c1ccccc1)NC(=O)c1ccccc1. The van der Waals surface area contributed by atoms with E-state index < -0.39 is 5.91 Å². The van der Waals surface area contributed by atoms with Gasteiger partial charge in [-0.15, -0.1) is 0 Å².